The van der Waals surface area contributed by atoms with E-state index in [2.05, 4.69) is 10.6 Å². The number of amides is 2. The van der Waals surface area contributed by atoms with Crippen LogP contribution in [-0.4, -0.2) is 11.8 Å². The van der Waals surface area contributed by atoms with Crippen LogP contribution in [0.3, 0.4) is 0 Å². The Bertz CT molecular complexity index is 1050. The number of anilines is 2. The fraction of sp³-hybridized carbons (Fsp3) is 0.0476. The van der Waals surface area contributed by atoms with Crippen molar-refractivity contribution < 1.29 is 22.8 Å². The predicted molar refractivity (Wildman–Crippen MR) is 105 cm³/mol. The number of rotatable bonds is 4. The van der Waals surface area contributed by atoms with Crippen LogP contribution in [0.1, 0.15) is 26.3 Å². The monoisotopic (exact) mass is 418 g/mol. The van der Waals surface area contributed by atoms with Crippen LogP contribution in [0.4, 0.5) is 24.5 Å². The first-order valence-corrected chi connectivity index (χ1v) is 8.76. The number of alkyl halides is 3. The van der Waals surface area contributed by atoms with Gasteiger partial charge in [0.1, 0.15) is 0 Å². The van der Waals surface area contributed by atoms with Gasteiger partial charge in [0.15, 0.2) is 0 Å². The minimum atomic E-state index is -4.56. The molecule has 3 aromatic carbocycles. The van der Waals surface area contributed by atoms with Crippen molar-refractivity contribution in [2.24, 2.45) is 0 Å². The van der Waals surface area contributed by atoms with Gasteiger partial charge in [0.2, 0.25) is 0 Å². The highest BCUT2D eigenvalue weighted by molar-refractivity contribution is 6.34. The summed E-state index contributed by atoms with van der Waals surface area (Å²) in [5, 5.41) is 5.00. The van der Waals surface area contributed by atoms with E-state index in [-0.39, 0.29) is 22.2 Å². The van der Waals surface area contributed by atoms with Gasteiger partial charge in [0.05, 0.1) is 16.3 Å². The molecule has 0 spiro atoms. The molecule has 4 nitrogen and oxygen atoms in total. The summed E-state index contributed by atoms with van der Waals surface area (Å²) in [6.07, 6.45) is -4.56. The maximum Gasteiger partial charge on any atom is 0.416 e. The normalized spacial score (nSPS) is 11.0. The number of carbonyl (C=O) groups is 2. The highest BCUT2D eigenvalue weighted by Crippen LogP contribution is 2.34. The van der Waals surface area contributed by atoms with Crippen molar-refractivity contribution in [3.05, 3.63) is 94.5 Å². The minimum absolute atomic E-state index is 0.0279. The Morgan fingerprint density at radius 3 is 2.10 bits per heavy atom. The van der Waals surface area contributed by atoms with Crippen molar-refractivity contribution in [2.75, 3.05) is 10.6 Å². The quantitative estimate of drug-likeness (QED) is 0.557. The molecule has 0 bridgehead atoms. The summed E-state index contributed by atoms with van der Waals surface area (Å²) >= 11 is 5.91. The van der Waals surface area contributed by atoms with Gasteiger partial charge in [-0.05, 0) is 48.5 Å². The molecule has 0 radical (unpaired) electrons. The third-order valence-corrected chi connectivity index (χ3v) is 4.29. The second-order valence-electron chi connectivity index (χ2n) is 6.05. The van der Waals surface area contributed by atoms with E-state index in [1.54, 1.807) is 42.5 Å². The molecule has 0 saturated carbocycles. The summed E-state index contributed by atoms with van der Waals surface area (Å²) in [7, 11) is 0. The van der Waals surface area contributed by atoms with Crippen LogP contribution in [-0.2, 0) is 6.18 Å². The number of carbonyl (C=O) groups excluding carboxylic acids is 2. The van der Waals surface area contributed by atoms with Crippen molar-refractivity contribution in [1.29, 1.82) is 0 Å². The van der Waals surface area contributed by atoms with Gasteiger partial charge in [-0.3, -0.25) is 9.59 Å². The largest absolute Gasteiger partial charge is 0.416 e. The molecule has 0 heterocycles. The third kappa shape index (κ3) is 5.14. The zero-order chi connectivity index (χ0) is 21.0. The molecule has 0 aromatic heterocycles. The minimum Gasteiger partial charge on any atom is -0.322 e. The zero-order valence-electron chi connectivity index (χ0n) is 14.8. The lowest BCUT2D eigenvalue weighted by Crippen LogP contribution is -2.15. The van der Waals surface area contributed by atoms with Crippen LogP contribution in [0.2, 0.25) is 5.02 Å². The molecule has 2 N–H and O–H groups in total. The van der Waals surface area contributed by atoms with Crippen molar-refractivity contribution in [2.45, 2.75) is 6.18 Å². The Hall–Kier alpha value is -3.32. The second-order valence-corrected chi connectivity index (χ2v) is 6.45. The zero-order valence-corrected chi connectivity index (χ0v) is 15.5. The first-order valence-electron chi connectivity index (χ1n) is 8.38. The average Bonchev–Trinajstić information content (AvgIpc) is 2.69. The van der Waals surface area contributed by atoms with E-state index in [1.165, 1.54) is 12.1 Å². The fourth-order valence-electron chi connectivity index (χ4n) is 2.52. The first-order chi connectivity index (χ1) is 13.7. The summed E-state index contributed by atoms with van der Waals surface area (Å²) in [5.74, 6) is -1.02. The molecule has 3 rings (SSSR count). The number of benzene rings is 3. The number of hydrogen-bond acceptors (Lipinski definition) is 2. The van der Waals surface area contributed by atoms with Crippen LogP contribution < -0.4 is 10.6 Å². The lowest BCUT2D eigenvalue weighted by molar-refractivity contribution is -0.137. The SMILES string of the molecule is O=C(Nc1cccc(C(=O)Nc2cc(C(F)(F)F)ccc2Cl)c1)c1ccccc1. The fourth-order valence-corrected chi connectivity index (χ4v) is 2.69. The molecule has 0 atom stereocenters. The number of nitrogens with one attached hydrogen (secondary N) is 2. The molecule has 29 heavy (non-hydrogen) atoms. The van der Waals surface area contributed by atoms with Gasteiger partial charge in [0, 0.05) is 16.8 Å². The Labute approximate surface area is 169 Å². The number of hydrogen-bond donors (Lipinski definition) is 2. The van der Waals surface area contributed by atoms with Crippen LogP contribution in [0, 0.1) is 0 Å². The van der Waals surface area contributed by atoms with Crippen LogP contribution in [0.5, 0.6) is 0 Å². The van der Waals surface area contributed by atoms with E-state index >= 15 is 0 Å². The molecule has 0 unspecified atom stereocenters. The Morgan fingerprint density at radius 1 is 0.759 bits per heavy atom. The van der Waals surface area contributed by atoms with Gasteiger partial charge in [-0.15, -0.1) is 0 Å². The summed E-state index contributed by atoms with van der Waals surface area (Å²) in [6, 6.07) is 17.2. The molecule has 0 aliphatic heterocycles. The summed E-state index contributed by atoms with van der Waals surface area (Å²) in [6.45, 7) is 0. The van der Waals surface area contributed by atoms with Gasteiger partial charge in [-0.2, -0.15) is 13.2 Å². The molecule has 0 aliphatic carbocycles. The van der Waals surface area contributed by atoms with Gasteiger partial charge in [-0.1, -0.05) is 35.9 Å². The van der Waals surface area contributed by atoms with Gasteiger partial charge < -0.3 is 10.6 Å². The van der Waals surface area contributed by atoms with Crippen LogP contribution in [0.15, 0.2) is 72.8 Å². The Kier molecular flexibility index (Phi) is 5.89. The second kappa shape index (κ2) is 8.36. The Balaban J connectivity index is 1.77. The van der Waals surface area contributed by atoms with E-state index in [0.29, 0.717) is 11.3 Å². The van der Waals surface area contributed by atoms with Crippen LogP contribution >= 0.6 is 11.6 Å². The highest BCUT2D eigenvalue weighted by Gasteiger charge is 2.31. The van der Waals surface area contributed by atoms with E-state index in [0.717, 1.165) is 18.2 Å². The standard InChI is InChI=1S/C21H14ClF3N2O2/c22-17-10-9-15(21(23,24)25)12-18(17)27-20(29)14-7-4-8-16(11-14)26-19(28)13-5-2-1-3-6-13/h1-12H,(H,26,28)(H,27,29). The maximum absolute atomic E-state index is 12.9. The van der Waals surface area contributed by atoms with E-state index < -0.39 is 17.6 Å². The van der Waals surface area contributed by atoms with Gasteiger partial charge >= 0.3 is 6.18 Å². The van der Waals surface area contributed by atoms with Gasteiger partial charge in [0.25, 0.3) is 11.8 Å². The van der Waals surface area contributed by atoms with Crippen molar-refractivity contribution >= 4 is 34.8 Å². The number of halogens is 4. The predicted octanol–water partition coefficient (Wildman–Crippen LogP) is 5.86. The molecule has 0 fully saturated rings. The molecule has 0 aliphatic rings. The average molecular weight is 419 g/mol. The summed E-state index contributed by atoms with van der Waals surface area (Å²) in [4.78, 5) is 24.7. The molecule has 8 heteroatoms. The summed E-state index contributed by atoms with van der Waals surface area (Å²) < 4.78 is 38.6. The van der Waals surface area contributed by atoms with E-state index in [9.17, 15) is 22.8 Å². The smallest absolute Gasteiger partial charge is 0.322 e. The summed E-state index contributed by atoms with van der Waals surface area (Å²) in [5.41, 5.74) is -0.143. The first kappa shape index (κ1) is 20.4. The maximum atomic E-state index is 12.9. The molecular weight excluding hydrogens is 405 g/mol. The molecule has 2 amide bonds. The lowest BCUT2D eigenvalue weighted by Gasteiger charge is -2.12. The topological polar surface area (TPSA) is 58.2 Å². The highest BCUT2D eigenvalue weighted by atomic mass is 35.5. The molecule has 0 saturated heterocycles. The Morgan fingerprint density at radius 2 is 1.41 bits per heavy atom. The van der Waals surface area contributed by atoms with Gasteiger partial charge in [-0.25, -0.2) is 0 Å². The molecular formula is C21H14ClF3N2O2. The van der Waals surface area contributed by atoms with Crippen LogP contribution in [0.25, 0.3) is 0 Å². The van der Waals surface area contributed by atoms with Crippen molar-refractivity contribution in [3.63, 3.8) is 0 Å². The van der Waals surface area contributed by atoms with Crippen molar-refractivity contribution in [1.82, 2.24) is 0 Å². The third-order valence-electron chi connectivity index (χ3n) is 3.96. The van der Waals surface area contributed by atoms with Crippen molar-refractivity contribution in [3.8, 4) is 0 Å². The lowest BCUT2D eigenvalue weighted by atomic mass is 10.1. The van der Waals surface area contributed by atoms with E-state index in [4.69, 9.17) is 11.6 Å². The van der Waals surface area contributed by atoms with E-state index in [1.807, 2.05) is 0 Å². The molecule has 3 aromatic rings. The molecule has 148 valence electrons.